The average Bonchev–Trinajstić information content (AvgIpc) is 3.50. The van der Waals surface area contributed by atoms with Crippen LogP contribution in [-0.2, 0) is 0 Å². The molecule has 0 atom stereocenters. The molecule has 0 aliphatic heterocycles. The Morgan fingerprint density at radius 1 is 0.625 bits per heavy atom. The lowest BCUT2D eigenvalue weighted by Gasteiger charge is -2.03. The number of hydrogen-bond acceptors (Lipinski definition) is 3. The Kier molecular flexibility index (Phi) is 3.02. The molecule has 0 amide bonds. The summed E-state index contributed by atoms with van der Waals surface area (Å²) in [5.41, 5.74) is 5.52. The lowest BCUT2D eigenvalue weighted by atomic mass is 10.1. The average molecular weight is 426 g/mol. The molecule has 0 aliphatic rings. The molecule has 3 nitrogen and oxygen atoms in total. The molecular weight excluding hydrogens is 410 g/mol. The smallest absolute Gasteiger partial charge is 0.145 e. The van der Waals surface area contributed by atoms with Crippen LogP contribution >= 0.6 is 11.3 Å². The zero-order chi connectivity index (χ0) is 20.8. The van der Waals surface area contributed by atoms with E-state index in [1.807, 2.05) is 41.9 Å². The minimum Gasteiger partial charge on any atom is -0.292 e. The van der Waals surface area contributed by atoms with Gasteiger partial charge in [-0.3, -0.25) is 9.38 Å². The van der Waals surface area contributed by atoms with E-state index in [0.717, 1.165) is 16.9 Å². The molecule has 0 radical (unpaired) electrons. The molecule has 0 fully saturated rings. The van der Waals surface area contributed by atoms with Gasteiger partial charge in [0.1, 0.15) is 5.65 Å². The normalized spacial score (nSPS) is 12.4. The third kappa shape index (κ3) is 1.96. The van der Waals surface area contributed by atoms with Crippen LogP contribution in [0.15, 0.2) is 91.3 Å². The van der Waals surface area contributed by atoms with Gasteiger partial charge < -0.3 is 0 Å². The van der Waals surface area contributed by atoms with Gasteiger partial charge in [0.15, 0.2) is 0 Å². The number of para-hydroxylation sites is 1. The molecule has 5 aromatic heterocycles. The molecule has 0 aliphatic carbocycles. The molecule has 0 N–H and O–H groups in total. The predicted octanol–water partition coefficient (Wildman–Crippen LogP) is 7.66. The quantitative estimate of drug-likeness (QED) is 0.270. The summed E-state index contributed by atoms with van der Waals surface area (Å²) in [6.07, 6.45) is 3.79. The van der Waals surface area contributed by atoms with E-state index >= 15 is 0 Å². The minimum atomic E-state index is 0.947. The number of thiophene rings is 1. The molecule has 8 rings (SSSR count). The van der Waals surface area contributed by atoms with Crippen molar-refractivity contribution in [3.8, 4) is 11.3 Å². The van der Waals surface area contributed by atoms with E-state index in [0.29, 0.717) is 0 Å². The van der Waals surface area contributed by atoms with Crippen LogP contribution < -0.4 is 0 Å². The maximum absolute atomic E-state index is 5.00. The lowest BCUT2D eigenvalue weighted by Crippen LogP contribution is -1.88. The zero-order valence-electron chi connectivity index (χ0n) is 16.9. The third-order valence-corrected chi connectivity index (χ3v) is 7.75. The second-order valence-corrected chi connectivity index (χ2v) is 9.36. The minimum absolute atomic E-state index is 0.947. The van der Waals surface area contributed by atoms with Gasteiger partial charge in [-0.2, -0.15) is 0 Å². The maximum Gasteiger partial charge on any atom is 0.145 e. The summed E-state index contributed by atoms with van der Waals surface area (Å²) >= 11 is 1.86. The number of aromatic nitrogens is 3. The van der Waals surface area contributed by atoms with E-state index in [2.05, 4.69) is 70.0 Å². The van der Waals surface area contributed by atoms with Gasteiger partial charge in [-0.25, -0.2) is 4.98 Å². The van der Waals surface area contributed by atoms with Gasteiger partial charge in [0.25, 0.3) is 0 Å². The molecule has 148 valence electrons. The van der Waals surface area contributed by atoms with Gasteiger partial charge in [-0.05, 0) is 30.3 Å². The summed E-state index contributed by atoms with van der Waals surface area (Å²) in [4.78, 5) is 9.53. The number of fused-ring (bicyclic) bond motifs is 10. The van der Waals surface area contributed by atoms with Gasteiger partial charge in [0.05, 0.1) is 16.7 Å². The summed E-state index contributed by atoms with van der Waals surface area (Å²) in [6, 6.07) is 28.1. The van der Waals surface area contributed by atoms with Crippen molar-refractivity contribution in [2.24, 2.45) is 0 Å². The Bertz CT molecular complexity index is 1980. The predicted molar refractivity (Wildman–Crippen MR) is 135 cm³/mol. The number of hydrogen-bond donors (Lipinski definition) is 0. The van der Waals surface area contributed by atoms with Crippen molar-refractivity contribution >= 4 is 69.7 Å². The highest BCUT2D eigenvalue weighted by Gasteiger charge is 2.21. The van der Waals surface area contributed by atoms with E-state index in [1.54, 1.807) is 0 Å². The molecule has 0 saturated carbocycles. The van der Waals surface area contributed by atoms with Gasteiger partial charge in [-0.15, -0.1) is 11.3 Å². The number of rotatable bonds is 1. The molecule has 4 heteroatoms. The van der Waals surface area contributed by atoms with Crippen molar-refractivity contribution in [2.45, 2.75) is 0 Å². The van der Waals surface area contributed by atoms with Crippen molar-refractivity contribution in [3.05, 3.63) is 91.3 Å². The molecule has 32 heavy (non-hydrogen) atoms. The van der Waals surface area contributed by atoms with Crippen LogP contribution in [0.4, 0.5) is 0 Å². The van der Waals surface area contributed by atoms with Crippen molar-refractivity contribution in [2.75, 3.05) is 0 Å². The Balaban J connectivity index is 1.63. The van der Waals surface area contributed by atoms with E-state index in [1.165, 1.54) is 52.8 Å². The fourth-order valence-electron chi connectivity index (χ4n) is 5.30. The van der Waals surface area contributed by atoms with E-state index in [-0.39, 0.29) is 0 Å². The molecule has 8 aromatic rings. The Morgan fingerprint density at radius 2 is 1.44 bits per heavy atom. The van der Waals surface area contributed by atoms with Crippen LogP contribution in [0.2, 0.25) is 0 Å². The number of benzene rings is 3. The molecule has 3 aromatic carbocycles. The lowest BCUT2D eigenvalue weighted by molar-refractivity contribution is 1.26. The van der Waals surface area contributed by atoms with Gasteiger partial charge in [0, 0.05) is 59.7 Å². The molecule has 0 spiro atoms. The summed E-state index contributed by atoms with van der Waals surface area (Å²) in [5.74, 6) is 0. The number of nitrogens with zero attached hydrogens (tertiary/aromatic N) is 3. The van der Waals surface area contributed by atoms with Gasteiger partial charge in [0.2, 0.25) is 0 Å². The molecular formula is C28H15N3S. The van der Waals surface area contributed by atoms with Crippen LogP contribution in [0.3, 0.4) is 0 Å². The van der Waals surface area contributed by atoms with Gasteiger partial charge >= 0.3 is 0 Å². The monoisotopic (exact) mass is 425 g/mol. The van der Waals surface area contributed by atoms with Crippen molar-refractivity contribution < 1.29 is 0 Å². The zero-order valence-corrected chi connectivity index (χ0v) is 17.7. The fourth-order valence-corrected chi connectivity index (χ4v) is 6.41. The van der Waals surface area contributed by atoms with Crippen molar-refractivity contribution in [3.63, 3.8) is 0 Å². The molecule has 0 saturated heterocycles. The SMILES string of the molecule is c1ccc(-c2cnc3c(c2)c2cccc4c5ccc6sc7ccccc7c6c5n3c24)nc1. The Hall–Kier alpha value is -4.02. The number of pyridine rings is 2. The Labute approximate surface area is 186 Å². The summed E-state index contributed by atoms with van der Waals surface area (Å²) < 4.78 is 5.03. The fraction of sp³-hybridized carbons (Fsp3) is 0. The van der Waals surface area contributed by atoms with Crippen LogP contribution in [0.25, 0.3) is 69.7 Å². The van der Waals surface area contributed by atoms with Crippen LogP contribution in [0, 0.1) is 0 Å². The standard InChI is InChI=1S/C28H15N3S/c1-2-10-23-20(6-1)25-24(32-23)12-11-19-17-7-5-8-18-21-14-16(22-9-3-4-13-29-22)15-30-28(21)31(26(17)18)27(19)25/h1-15H. The first-order valence-corrected chi connectivity index (χ1v) is 11.5. The first-order chi connectivity index (χ1) is 15.9. The summed E-state index contributed by atoms with van der Waals surface area (Å²) in [6.45, 7) is 0. The third-order valence-electron chi connectivity index (χ3n) is 6.62. The topological polar surface area (TPSA) is 30.2 Å². The summed E-state index contributed by atoms with van der Waals surface area (Å²) in [7, 11) is 0. The highest BCUT2D eigenvalue weighted by molar-refractivity contribution is 7.26. The maximum atomic E-state index is 5.00. The van der Waals surface area contributed by atoms with Crippen LogP contribution in [0.1, 0.15) is 0 Å². The van der Waals surface area contributed by atoms with Crippen LogP contribution in [-0.4, -0.2) is 14.4 Å². The second-order valence-electron chi connectivity index (χ2n) is 8.28. The largest absolute Gasteiger partial charge is 0.292 e. The Morgan fingerprint density at radius 3 is 2.34 bits per heavy atom. The van der Waals surface area contributed by atoms with E-state index in [4.69, 9.17) is 4.98 Å². The first kappa shape index (κ1) is 16.6. The van der Waals surface area contributed by atoms with Crippen molar-refractivity contribution in [1.82, 2.24) is 14.4 Å². The second kappa shape index (κ2) is 5.81. The van der Waals surface area contributed by atoms with E-state index in [9.17, 15) is 0 Å². The van der Waals surface area contributed by atoms with E-state index < -0.39 is 0 Å². The molecule has 0 bridgehead atoms. The molecule has 0 unspecified atom stereocenters. The highest BCUT2D eigenvalue weighted by Crippen LogP contribution is 2.45. The van der Waals surface area contributed by atoms with Gasteiger partial charge in [-0.1, -0.05) is 48.5 Å². The highest BCUT2D eigenvalue weighted by atomic mass is 32.1. The van der Waals surface area contributed by atoms with Crippen molar-refractivity contribution in [1.29, 1.82) is 0 Å². The molecule has 5 heterocycles. The van der Waals surface area contributed by atoms with Crippen LogP contribution in [0.5, 0.6) is 0 Å². The summed E-state index contributed by atoms with van der Waals surface area (Å²) in [5, 5.41) is 7.64. The first-order valence-electron chi connectivity index (χ1n) is 10.7.